The average molecular weight is 130 g/mol. The summed E-state index contributed by atoms with van der Waals surface area (Å²) in [5.74, 6) is 0. The second-order valence-corrected chi connectivity index (χ2v) is 2.51. The Morgan fingerprint density at radius 3 is 2.78 bits per heavy atom. The number of ether oxygens (including phenoxy) is 1. The zero-order valence-electron chi connectivity index (χ0n) is 5.76. The van der Waals surface area contributed by atoms with E-state index in [0.717, 1.165) is 19.5 Å². The lowest BCUT2D eigenvalue weighted by atomic mass is 10.1. The number of nitrogens with one attached hydrogen (secondary N) is 1. The molecule has 54 valence electrons. The van der Waals surface area contributed by atoms with Gasteiger partial charge in [0.05, 0.1) is 6.10 Å². The lowest BCUT2D eigenvalue weighted by Crippen LogP contribution is -2.47. The van der Waals surface area contributed by atoms with Gasteiger partial charge in [0.25, 0.3) is 0 Å². The van der Waals surface area contributed by atoms with Crippen molar-refractivity contribution < 1.29 is 4.74 Å². The van der Waals surface area contributed by atoms with Crippen molar-refractivity contribution in [2.75, 3.05) is 20.2 Å². The zero-order chi connectivity index (χ0) is 6.69. The summed E-state index contributed by atoms with van der Waals surface area (Å²) in [6, 6.07) is 0.281. The van der Waals surface area contributed by atoms with E-state index in [0.29, 0.717) is 6.10 Å². The molecule has 0 aromatic carbocycles. The molecule has 0 aromatic rings. The highest BCUT2D eigenvalue weighted by Crippen LogP contribution is 2.02. The van der Waals surface area contributed by atoms with Gasteiger partial charge < -0.3 is 15.8 Å². The number of methoxy groups -OCH3 is 1. The van der Waals surface area contributed by atoms with E-state index in [2.05, 4.69) is 5.32 Å². The van der Waals surface area contributed by atoms with Crippen molar-refractivity contribution in [2.24, 2.45) is 5.73 Å². The highest BCUT2D eigenvalue weighted by molar-refractivity contribution is 4.78. The Bertz CT molecular complexity index is 87.1. The second-order valence-electron chi connectivity index (χ2n) is 2.51. The normalized spacial score (nSPS) is 36.7. The van der Waals surface area contributed by atoms with Crippen LogP contribution < -0.4 is 11.1 Å². The molecule has 3 heteroatoms. The highest BCUT2D eigenvalue weighted by Gasteiger charge is 2.17. The van der Waals surface area contributed by atoms with Gasteiger partial charge in [-0.1, -0.05) is 0 Å². The molecule has 0 aliphatic carbocycles. The Morgan fingerprint density at radius 2 is 2.33 bits per heavy atom. The van der Waals surface area contributed by atoms with Gasteiger partial charge >= 0.3 is 0 Å². The van der Waals surface area contributed by atoms with E-state index in [1.165, 1.54) is 0 Å². The van der Waals surface area contributed by atoms with Crippen LogP contribution in [0.2, 0.25) is 0 Å². The first-order valence-corrected chi connectivity index (χ1v) is 3.32. The summed E-state index contributed by atoms with van der Waals surface area (Å²) >= 11 is 0. The van der Waals surface area contributed by atoms with Crippen LogP contribution in [0.4, 0.5) is 0 Å². The number of rotatable bonds is 1. The van der Waals surface area contributed by atoms with E-state index in [1.807, 2.05) is 0 Å². The minimum Gasteiger partial charge on any atom is -0.380 e. The van der Waals surface area contributed by atoms with Gasteiger partial charge in [0, 0.05) is 26.2 Å². The van der Waals surface area contributed by atoms with Gasteiger partial charge in [0.15, 0.2) is 0 Å². The predicted octanol–water partition coefficient (Wildman–Crippen LogP) is -0.678. The van der Waals surface area contributed by atoms with Crippen molar-refractivity contribution in [1.82, 2.24) is 5.32 Å². The van der Waals surface area contributed by atoms with Crippen molar-refractivity contribution >= 4 is 0 Å². The van der Waals surface area contributed by atoms with Crippen molar-refractivity contribution in [2.45, 2.75) is 18.6 Å². The lowest BCUT2D eigenvalue weighted by Gasteiger charge is -2.26. The molecule has 1 aliphatic rings. The molecule has 1 heterocycles. The van der Waals surface area contributed by atoms with Crippen LogP contribution in [0.15, 0.2) is 0 Å². The first-order chi connectivity index (χ1) is 4.33. The molecule has 0 amide bonds. The third kappa shape index (κ3) is 1.93. The van der Waals surface area contributed by atoms with Gasteiger partial charge in [0.1, 0.15) is 0 Å². The Hall–Kier alpha value is -0.120. The first kappa shape index (κ1) is 6.99. The van der Waals surface area contributed by atoms with Crippen LogP contribution >= 0.6 is 0 Å². The molecule has 1 rings (SSSR count). The molecule has 1 fully saturated rings. The molecule has 9 heavy (non-hydrogen) atoms. The Balaban J connectivity index is 2.23. The number of piperidine rings is 1. The smallest absolute Gasteiger partial charge is 0.0710 e. The number of hydrogen-bond acceptors (Lipinski definition) is 3. The van der Waals surface area contributed by atoms with Crippen molar-refractivity contribution in [3.8, 4) is 0 Å². The Labute approximate surface area is 55.6 Å². The van der Waals surface area contributed by atoms with E-state index < -0.39 is 0 Å². The maximum absolute atomic E-state index is 5.66. The molecule has 0 saturated carbocycles. The summed E-state index contributed by atoms with van der Waals surface area (Å²) in [7, 11) is 1.73. The fourth-order valence-corrected chi connectivity index (χ4v) is 1.11. The van der Waals surface area contributed by atoms with E-state index in [4.69, 9.17) is 10.5 Å². The van der Waals surface area contributed by atoms with Gasteiger partial charge in [-0.25, -0.2) is 0 Å². The SMILES string of the molecule is CO[C@H]1CNC[C@H](N)C1. The minimum atomic E-state index is 0.281. The molecule has 3 N–H and O–H groups in total. The monoisotopic (exact) mass is 130 g/mol. The Morgan fingerprint density at radius 1 is 1.56 bits per heavy atom. The zero-order valence-corrected chi connectivity index (χ0v) is 5.76. The Kier molecular flexibility index (Phi) is 2.45. The summed E-state index contributed by atoms with van der Waals surface area (Å²) in [6.07, 6.45) is 1.32. The van der Waals surface area contributed by atoms with E-state index in [9.17, 15) is 0 Å². The summed E-state index contributed by atoms with van der Waals surface area (Å²) in [6.45, 7) is 1.88. The van der Waals surface area contributed by atoms with E-state index in [-0.39, 0.29) is 6.04 Å². The van der Waals surface area contributed by atoms with Crippen LogP contribution in [0.25, 0.3) is 0 Å². The third-order valence-electron chi connectivity index (χ3n) is 1.68. The first-order valence-electron chi connectivity index (χ1n) is 3.32. The molecular weight excluding hydrogens is 116 g/mol. The van der Waals surface area contributed by atoms with Crippen LogP contribution in [-0.4, -0.2) is 32.3 Å². The van der Waals surface area contributed by atoms with Crippen molar-refractivity contribution in [1.29, 1.82) is 0 Å². The van der Waals surface area contributed by atoms with E-state index in [1.54, 1.807) is 7.11 Å². The summed E-state index contributed by atoms with van der Waals surface area (Å²) in [5, 5.41) is 3.19. The third-order valence-corrected chi connectivity index (χ3v) is 1.68. The molecule has 3 nitrogen and oxygen atoms in total. The lowest BCUT2D eigenvalue weighted by molar-refractivity contribution is 0.0747. The molecule has 0 bridgehead atoms. The molecule has 0 spiro atoms. The topological polar surface area (TPSA) is 47.3 Å². The molecule has 0 unspecified atom stereocenters. The van der Waals surface area contributed by atoms with Gasteiger partial charge in [-0.2, -0.15) is 0 Å². The fourth-order valence-electron chi connectivity index (χ4n) is 1.11. The van der Waals surface area contributed by atoms with Crippen LogP contribution in [0.3, 0.4) is 0 Å². The highest BCUT2D eigenvalue weighted by atomic mass is 16.5. The van der Waals surface area contributed by atoms with Gasteiger partial charge in [-0.15, -0.1) is 0 Å². The quantitative estimate of drug-likeness (QED) is 0.494. The summed E-state index contributed by atoms with van der Waals surface area (Å²) in [4.78, 5) is 0. The maximum atomic E-state index is 5.66. The van der Waals surface area contributed by atoms with E-state index >= 15 is 0 Å². The number of hydrogen-bond donors (Lipinski definition) is 2. The van der Waals surface area contributed by atoms with Crippen LogP contribution in [-0.2, 0) is 4.74 Å². The second kappa shape index (κ2) is 3.15. The molecular formula is C6H14N2O. The summed E-state index contributed by atoms with van der Waals surface area (Å²) in [5.41, 5.74) is 5.66. The molecule has 2 atom stereocenters. The molecule has 0 aromatic heterocycles. The average Bonchev–Trinajstić information content (AvgIpc) is 1.88. The molecule has 1 saturated heterocycles. The van der Waals surface area contributed by atoms with Gasteiger partial charge in [0.2, 0.25) is 0 Å². The standard InChI is InChI=1S/C6H14N2O/c1-9-6-2-5(7)3-8-4-6/h5-6,8H,2-4,7H2,1H3/t5-,6-/m1/s1. The van der Waals surface area contributed by atoms with Gasteiger partial charge in [-0.3, -0.25) is 0 Å². The van der Waals surface area contributed by atoms with Crippen LogP contribution in [0.1, 0.15) is 6.42 Å². The largest absolute Gasteiger partial charge is 0.380 e. The molecule has 0 radical (unpaired) electrons. The minimum absolute atomic E-state index is 0.281. The number of nitrogens with two attached hydrogens (primary N) is 1. The maximum Gasteiger partial charge on any atom is 0.0710 e. The predicted molar refractivity (Wildman–Crippen MR) is 36.3 cm³/mol. The van der Waals surface area contributed by atoms with Crippen molar-refractivity contribution in [3.05, 3.63) is 0 Å². The fraction of sp³-hybridized carbons (Fsp3) is 1.00. The summed E-state index contributed by atoms with van der Waals surface area (Å²) < 4.78 is 5.12. The molecule has 1 aliphatic heterocycles. The van der Waals surface area contributed by atoms with Gasteiger partial charge in [-0.05, 0) is 6.42 Å². The van der Waals surface area contributed by atoms with Crippen molar-refractivity contribution in [3.63, 3.8) is 0 Å². The van der Waals surface area contributed by atoms with Crippen LogP contribution in [0.5, 0.6) is 0 Å². The van der Waals surface area contributed by atoms with Crippen LogP contribution in [0, 0.1) is 0 Å².